The summed E-state index contributed by atoms with van der Waals surface area (Å²) in [6.07, 6.45) is 0.483. The molecule has 3 aromatic rings. The number of halogens is 2. The van der Waals surface area contributed by atoms with E-state index in [2.05, 4.69) is 10.1 Å². The third kappa shape index (κ3) is 4.46. The Morgan fingerprint density at radius 1 is 1.31 bits per heavy atom. The second kappa shape index (κ2) is 9.06. The number of nitrogens with zero attached hydrogens (tertiary/aromatic N) is 4. The van der Waals surface area contributed by atoms with Crippen LogP contribution in [-0.4, -0.2) is 51.6 Å². The topological polar surface area (TPSA) is 123 Å². The lowest BCUT2D eigenvalue weighted by atomic mass is 10.0. The van der Waals surface area contributed by atoms with Crippen molar-refractivity contribution in [3.63, 3.8) is 0 Å². The van der Waals surface area contributed by atoms with Gasteiger partial charge in [0.2, 0.25) is 5.43 Å². The van der Waals surface area contributed by atoms with Gasteiger partial charge in [-0.2, -0.15) is 0 Å². The zero-order valence-corrected chi connectivity index (χ0v) is 18.6. The predicted octanol–water partition coefficient (Wildman–Crippen LogP) is 2.63. The minimum atomic E-state index is -1.46. The number of fused-ring (bicyclic) bond motifs is 1. The highest BCUT2D eigenvalue weighted by Crippen LogP contribution is 2.40. The van der Waals surface area contributed by atoms with Gasteiger partial charge >= 0.3 is 5.97 Å². The van der Waals surface area contributed by atoms with Crippen molar-refractivity contribution in [3.05, 3.63) is 69.8 Å². The number of hydrogen-bond acceptors (Lipinski definition) is 7. The van der Waals surface area contributed by atoms with Crippen LogP contribution in [-0.2, 0) is 11.4 Å². The molecule has 1 aromatic carbocycles. The molecule has 0 bridgehead atoms. The van der Waals surface area contributed by atoms with Gasteiger partial charge in [-0.25, -0.2) is 18.6 Å². The average Bonchev–Trinajstić information content (AvgIpc) is 3.57. The van der Waals surface area contributed by atoms with Gasteiger partial charge < -0.3 is 25.1 Å². The van der Waals surface area contributed by atoms with Crippen LogP contribution in [0.5, 0.6) is 0 Å². The Bertz CT molecular complexity index is 1380. The molecule has 5 rings (SSSR count). The molecule has 11 heteroatoms. The fourth-order valence-corrected chi connectivity index (χ4v) is 4.24. The molecule has 1 unspecified atom stereocenters. The van der Waals surface area contributed by atoms with E-state index in [1.54, 1.807) is 4.90 Å². The summed E-state index contributed by atoms with van der Waals surface area (Å²) in [6, 6.07) is 9.34. The summed E-state index contributed by atoms with van der Waals surface area (Å²) in [5, 5.41) is 13.3. The van der Waals surface area contributed by atoms with Gasteiger partial charge in [-0.15, -0.1) is 0 Å². The molecule has 0 radical (unpaired) electrons. The van der Waals surface area contributed by atoms with Crippen LogP contribution in [0, 0.1) is 5.82 Å². The Morgan fingerprint density at radius 3 is 2.71 bits per heavy atom. The van der Waals surface area contributed by atoms with E-state index in [0.717, 1.165) is 17.8 Å². The Hall–Kier alpha value is -3.86. The number of carboxylic acid groups (broad SMARTS) is 1. The SMILES string of the molecule is NC1CN(c2nc3c(cc2F)c(=O)c(C(=O)O)cn3[C@@H]2C[C@@H]2F)CCC1=NOCc1ccccc1. The van der Waals surface area contributed by atoms with Gasteiger partial charge in [0, 0.05) is 32.1 Å². The smallest absolute Gasteiger partial charge is 0.341 e. The number of anilines is 1. The summed E-state index contributed by atoms with van der Waals surface area (Å²) in [7, 11) is 0. The highest BCUT2D eigenvalue weighted by molar-refractivity contribution is 5.93. The van der Waals surface area contributed by atoms with Crippen LogP contribution < -0.4 is 16.1 Å². The van der Waals surface area contributed by atoms with E-state index < -0.39 is 41.0 Å². The third-order valence-corrected chi connectivity index (χ3v) is 6.25. The third-order valence-electron chi connectivity index (χ3n) is 6.25. The highest BCUT2D eigenvalue weighted by Gasteiger charge is 2.40. The highest BCUT2D eigenvalue weighted by atomic mass is 19.1. The molecular weight excluding hydrogens is 460 g/mol. The first-order valence-corrected chi connectivity index (χ1v) is 11.2. The van der Waals surface area contributed by atoms with Gasteiger partial charge in [-0.05, 0) is 11.6 Å². The van der Waals surface area contributed by atoms with E-state index in [0.29, 0.717) is 25.3 Å². The monoisotopic (exact) mass is 483 g/mol. The number of benzene rings is 1. The largest absolute Gasteiger partial charge is 0.477 e. The summed E-state index contributed by atoms with van der Waals surface area (Å²) >= 11 is 0. The Labute approximate surface area is 198 Å². The first-order chi connectivity index (χ1) is 16.8. The second-order valence-electron chi connectivity index (χ2n) is 8.71. The molecular formula is C24H23F2N5O4. The number of carbonyl (C=O) groups is 1. The van der Waals surface area contributed by atoms with Crippen LogP contribution in [0.2, 0.25) is 0 Å². The van der Waals surface area contributed by atoms with Crippen molar-refractivity contribution in [3.8, 4) is 0 Å². The fraction of sp³-hybridized carbons (Fsp3) is 0.333. The van der Waals surface area contributed by atoms with Gasteiger partial charge in [-0.3, -0.25) is 4.79 Å². The summed E-state index contributed by atoms with van der Waals surface area (Å²) in [6.45, 7) is 0.854. The van der Waals surface area contributed by atoms with Crippen molar-refractivity contribution < 1.29 is 23.5 Å². The lowest BCUT2D eigenvalue weighted by Crippen LogP contribution is -2.49. The minimum Gasteiger partial charge on any atom is -0.477 e. The quantitative estimate of drug-likeness (QED) is 0.517. The normalized spacial score (nSPS) is 23.0. The summed E-state index contributed by atoms with van der Waals surface area (Å²) in [5.41, 5.74) is 6.49. The first kappa shape index (κ1) is 22.9. The number of rotatable bonds is 6. The Morgan fingerprint density at radius 2 is 2.06 bits per heavy atom. The minimum absolute atomic E-state index is 0.0375. The molecule has 3 atom stereocenters. The molecule has 1 saturated heterocycles. The fourth-order valence-electron chi connectivity index (χ4n) is 4.24. The maximum atomic E-state index is 15.1. The second-order valence-corrected chi connectivity index (χ2v) is 8.71. The van der Waals surface area contributed by atoms with Crippen LogP contribution in [0.1, 0.15) is 34.8 Å². The van der Waals surface area contributed by atoms with Crippen molar-refractivity contribution >= 4 is 28.5 Å². The molecule has 1 saturated carbocycles. The van der Waals surface area contributed by atoms with Crippen LogP contribution in [0.4, 0.5) is 14.6 Å². The zero-order valence-electron chi connectivity index (χ0n) is 18.6. The lowest BCUT2D eigenvalue weighted by Gasteiger charge is -2.32. The van der Waals surface area contributed by atoms with Gasteiger partial charge in [0.1, 0.15) is 24.0 Å². The summed E-state index contributed by atoms with van der Waals surface area (Å²) in [4.78, 5) is 35.5. The van der Waals surface area contributed by atoms with Crippen molar-refractivity contribution in [2.45, 2.75) is 37.7 Å². The molecule has 9 nitrogen and oxygen atoms in total. The van der Waals surface area contributed by atoms with Crippen molar-refractivity contribution in [2.24, 2.45) is 10.9 Å². The molecule has 3 heterocycles. The van der Waals surface area contributed by atoms with E-state index in [4.69, 9.17) is 10.6 Å². The molecule has 0 spiro atoms. The van der Waals surface area contributed by atoms with Crippen molar-refractivity contribution in [1.29, 1.82) is 0 Å². The number of carboxylic acids is 1. The number of oxime groups is 1. The van der Waals surface area contributed by atoms with Gasteiger partial charge in [0.15, 0.2) is 11.6 Å². The number of piperidine rings is 1. The molecule has 2 aliphatic rings. The zero-order chi connectivity index (χ0) is 24.7. The Balaban J connectivity index is 1.41. The molecule has 0 amide bonds. The molecule has 182 valence electrons. The van der Waals surface area contributed by atoms with E-state index in [1.807, 2.05) is 30.3 Å². The average molecular weight is 483 g/mol. The summed E-state index contributed by atoms with van der Waals surface area (Å²) in [5.74, 6) is -2.29. The van der Waals surface area contributed by atoms with Crippen LogP contribution >= 0.6 is 0 Å². The number of pyridine rings is 2. The maximum Gasteiger partial charge on any atom is 0.341 e. The molecule has 1 aliphatic carbocycles. The molecule has 1 aliphatic heterocycles. The van der Waals surface area contributed by atoms with Gasteiger partial charge in [0.05, 0.1) is 23.2 Å². The van der Waals surface area contributed by atoms with Crippen LogP contribution in [0.25, 0.3) is 11.0 Å². The molecule has 3 N–H and O–H groups in total. The number of alkyl halides is 1. The maximum absolute atomic E-state index is 15.1. The Kier molecular flexibility index (Phi) is 5.93. The number of aromatic carboxylic acids is 1. The first-order valence-electron chi connectivity index (χ1n) is 11.2. The van der Waals surface area contributed by atoms with E-state index >= 15 is 4.39 Å². The summed E-state index contributed by atoms with van der Waals surface area (Å²) < 4.78 is 30.3. The number of nitrogens with two attached hydrogens (primary N) is 1. The van der Waals surface area contributed by atoms with E-state index in [1.165, 1.54) is 4.57 Å². The number of hydrogen-bond donors (Lipinski definition) is 2. The van der Waals surface area contributed by atoms with Crippen LogP contribution in [0.3, 0.4) is 0 Å². The molecule has 2 aromatic heterocycles. The standard InChI is InChI=1S/C24H23F2N5O4/c25-16-9-20(16)31-10-15(24(33)34)21(32)14-8-17(26)23(28-22(14)31)30-7-6-19(18(27)11-30)29-35-12-13-4-2-1-3-5-13/h1-5,8,10,16,18,20H,6-7,9,11-12,27H2,(H,33,34)/t16-,18?,20+/m0/s1. The van der Waals surface area contributed by atoms with Gasteiger partial charge in [-0.1, -0.05) is 35.5 Å². The predicted molar refractivity (Wildman–Crippen MR) is 125 cm³/mol. The van der Waals surface area contributed by atoms with E-state index in [-0.39, 0.29) is 29.8 Å². The molecule has 2 fully saturated rings. The van der Waals surface area contributed by atoms with Crippen molar-refractivity contribution in [2.75, 3.05) is 18.0 Å². The van der Waals surface area contributed by atoms with Gasteiger partial charge in [0.25, 0.3) is 0 Å². The van der Waals surface area contributed by atoms with Crippen molar-refractivity contribution in [1.82, 2.24) is 9.55 Å². The van der Waals surface area contributed by atoms with Crippen LogP contribution in [0.15, 0.2) is 52.5 Å². The molecule has 35 heavy (non-hydrogen) atoms. The lowest BCUT2D eigenvalue weighted by molar-refractivity contribution is 0.0694. The number of aromatic nitrogens is 2. The van der Waals surface area contributed by atoms with E-state index in [9.17, 15) is 19.1 Å².